The molecule has 0 aliphatic carbocycles. The number of benzene rings is 2. The maximum absolute atomic E-state index is 12.7. The Morgan fingerprint density at radius 2 is 1.82 bits per heavy atom. The number of aliphatic hydroxyl groups is 1. The summed E-state index contributed by atoms with van der Waals surface area (Å²) in [6.45, 7) is 0.733. The van der Waals surface area contributed by atoms with E-state index in [9.17, 15) is 23.1 Å². The van der Waals surface area contributed by atoms with E-state index in [2.05, 4.69) is 25.4 Å². The van der Waals surface area contributed by atoms with Crippen LogP contribution in [0.15, 0.2) is 78.0 Å². The van der Waals surface area contributed by atoms with Crippen molar-refractivity contribution < 1.29 is 28.0 Å². The van der Waals surface area contributed by atoms with Crippen LogP contribution in [0.5, 0.6) is 0 Å². The van der Waals surface area contributed by atoms with Crippen LogP contribution in [-0.2, 0) is 19.7 Å². The zero-order valence-electron chi connectivity index (χ0n) is 20.4. The number of carbonyl (C=O) groups is 2. The van der Waals surface area contributed by atoms with Crippen LogP contribution < -0.4 is 20.4 Å². The average Bonchev–Trinajstić information content (AvgIpc) is 3.33. The molecule has 1 aliphatic rings. The Morgan fingerprint density at radius 1 is 1.05 bits per heavy atom. The number of hydrogen-bond acceptors (Lipinski definition) is 10. The highest BCUT2D eigenvalue weighted by molar-refractivity contribution is 7.89. The van der Waals surface area contributed by atoms with Crippen LogP contribution in [0.3, 0.4) is 0 Å². The van der Waals surface area contributed by atoms with Crippen LogP contribution in [0.25, 0.3) is 0 Å². The van der Waals surface area contributed by atoms with Crippen molar-refractivity contribution in [2.75, 3.05) is 29.9 Å². The molecule has 0 radical (unpaired) electrons. The molecule has 0 saturated carbocycles. The summed E-state index contributed by atoms with van der Waals surface area (Å²) in [5.41, 5.74) is -0.178. The predicted octanol–water partition coefficient (Wildman–Crippen LogP) is 1.43. The molecule has 0 spiro atoms. The summed E-state index contributed by atoms with van der Waals surface area (Å²) < 4.78 is 24.2. The van der Waals surface area contributed by atoms with Crippen LogP contribution in [0.1, 0.15) is 29.6 Å². The minimum atomic E-state index is -4.00. The second-order valence-electron chi connectivity index (χ2n) is 8.59. The number of aromatic nitrogens is 2. The van der Waals surface area contributed by atoms with Gasteiger partial charge in [-0.15, -0.1) is 0 Å². The molecule has 0 bridgehead atoms. The van der Waals surface area contributed by atoms with Crippen LogP contribution in [-0.4, -0.2) is 60.7 Å². The SMILES string of the molecule is O=C(CCNC(=O)c1cccc(N2CCCC2(O)CNc2ncccn2)c1)ONS(=O)(=O)c1ccccc1. The van der Waals surface area contributed by atoms with Crippen LogP contribution in [0, 0.1) is 0 Å². The van der Waals surface area contributed by atoms with E-state index in [1.165, 1.54) is 12.1 Å². The molecule has 1 fully saturated rings. The van der Waals surface area contributed by atoms with E-state index in [4.69, 9.17) is 0 Å². The summed E-state index contributed by atoms with van der Waals surface area (Å²) in [5, 5.41) is 17.0. The molecule has 2 aromatic carbocycles. The average molecular weight is 541 g/mol. The number of sulfonamides is 1. The van der Waals surface area contributed by atoms with Crippen LogP contribution in [0.2, 0.25) is 0 Å². The number of anilines is 2. The fourth-order valence-electron chi connectivity index (χ4n) is 4.02. The second-order valence-corrected chi connectivity index (χ2v) is 10.2. The van der Waals surface area contributed by atoms with Crippen molar-refractivity contribution in [1.82, 2.24) is 20.2 Å². The van der Waals surface area contributed by atoms with Gasteiger partial charge in [-0.25, -0.2) is 18.4 Å². The van der Waals surface area contributed by atoms with Crippen molar-refractivity contribution >= 4 is 33.5 Å². The minimum absolute atomic E-state index is 0.0462. The molecule has 1 amide bonds. The third-order valence-electron chi connectivity index (χ3n) is 5.91. The Labute approximate surface area is 220 Å². The number of rotatable bonds is 11. The van der Waals surface area contributed by atoms with Gasteiger partial charge in [0.05, 0.1) is 17.9 Å². The van der Waals surface area contributed by atoms with Gasteiger partial charge >= 0.3 is 5.97 Å². The predicted molar refractivity (Wildman–Crippen MR) is 138 cm³/mol. The molecule has 12 nitrogen and oxygen atoms in total. The zero-order valence-corrected chi connectivity index (χ0v) is 21.2. The summed E-state index contributed by atoms with van der Waals surface area (Å²) in [4.78, 5) is 41.1. The van der Waals surface area contributed by atoms with Crippen LogP contribution >= 0.6 is 0 Å². The van der Waals surface area contributed by atoms with Crippen molar-refractivity contribution in [2.24, 2.45) is 0 Å². The highest BCUT2D eigenvalue weighted by Gasteiger charge is 2.39. The number of hydrogen-bond donors (Lipinski definition) is 4. The fourth-order valence-corrected chi connectivity index (χ4v) is 4.84. The molecule has 2 heterocycles. The second kappa shape index (κ2) is 12.0. The Balaban J connectivity index is 1.28. The molecule has 200 valence electrons. The molecule has 1 aromatic heterocycles. The lowest BCUT2D eigenvalue weighted by atomic mass is 10.1. The molecule has 1 saturated heterocycles. The first-order valence-corrected chi connectivity index (χ1v) is 13.4. The maximum Gasteiger partial charge on any atom is 0.327 e. The first-order valence-electron chi connectivity index (χ1n) is 11.9. The van der Waals surface area contributed by atoms with E-state index in [1.54, 1.807) is 59.7 Å². The highest BCUT2D eigenvalue weighted by atomic mass is 32.2. The quantitative estimate of drug-likeness (QED) is 0.262. The summed E-state index contributed by atoms with van der Waals surface area (Å²) in [6, 6.07) is 16.0. The van der Waals surface area contributed by atoms with Crippen molar-refractivity contribution in [2.45, 2.75) is 29.9 Å². The van der Waals surface area contributed by atoms with Crippen molar-refractivity contribution in [1.29, 1.82) is 0 Å². The van der Waals surface area contributed by atoms with Crippen molar-refractivity contribution in [3.63, 3.8) is 0 Å². The standard InChI is InChI=1S/C25H28N6O6S/c32-22(37-30-38(35,36)21-9-2-1-3-10-21)11-15-26-23(33)19-7-4-8-20(17-19)31-16-5-12-25(31,34)18-29-24-27-13-6-14-28-24/h1-4,6-10,13-14,17,30,34H,5,11-12,15-16,18H2,(H,26,33)(H,27,28,29). The first kappa shape index (κ1) is 27.0. The highest BCUT2D eigenvalue weighted by Crippen LogP contribution is 2.33. The lowest BCUT2D eigenvalue weighted by molar-refractivity contribution is -0.146. The first-order chi connectivity index (χ1) is 18.3. The monoisotopic (exact) mass is 540 g/mol. The minimum Gasteiger partial charge on any atom is -0.369 e. The molecule has 38 heavy (non-hydrogen) atoms. The van der Waals surface area contributed by atoms with E-state index < -0.39 is 27.6 Å². The smallest absolute Gasteiger partial charge is 0.327 e. The molecule has 4 N–H and O–H groups in total. The summed E-state index contributed by atoms with van der Waals surface area (Å²) in [6.07, 6.45) is 4.26. The Bertz CT molecular complexity index is 1360. The molecule has 4 rings (SSSR count). The molecule has 13 heteroatoms. The number of amides is 1. The van der Waals surface area contributed by atoms with Gasteiger partial charge in [-0.05, 0) is 54.1 Å². The Hall–Kier alpha value is -4.07. The van der Waals surface area contributed by atoms with Crippen LogP contribution in [0.4, 0.5) is 11.6 Å². The summed E-state index contributed by atoms with van der Waals surface area (Å²) in [5.74, 6) is -0.869. The number of carbonyl (C=O) groups excluding carboxylic acids is 2. The van der Waals surface area contributed by atoms with Gasteiger partial charge in [-0.1, -0.05) is 24.3 Å². The van der Waals surface area contributed by atoms with Gasteiger partial charge in [0, 0.05) is 36.7 Å². The topological polar surface area (TPSA) is 163 Å². The number of nitrogens with one attached hydrogen (secondary N) is 3. The third kappa shape index (κ3) is 6.82. The van der Waals surface area contributed by atoms with E-state index in [0.717, 1.165) is 6.42 Å². The fraction of sp³-hybridized carbons (Fsp3) is 0.280. The molecule has 1 aliphatic heterocycles. The lowest BCUT2D eigenvalue weighted by Gasteiger charge is -2.35. The van der Waals surface area contributed by atoms with E-state index in [-0.39, 0.29) is 24.4 Å². The molecule has 1 unspecified atom stereocenters. The number of nitrogens with zero attached hydrogens (tertiary/aromatic N) is 3. The van der Waals surface area contributed by atoms with E-state index in [1.807, 2.05) is 11.0 Å². The van der Waals surface area contributed by atoms with Gasteiger partial charge in [-0.3, -0.25) is 9.59 Å². The summed E-state index contributed by atoms with van der Waals surface area (Å²) >= 11 is 0. The van der Waals surface area contributed by atoms with Gasteiger partial charge < -0.3 is 25.5 Å². The molecular weight excluding hydrogens is 512 g/mol. The maximum atomic E-state index is 12.7. The van der Waals surface area contributed by atoms with Gasteiger partial charge in [0.15, 0.2) is 5.72 Å². The zero-order chi connectivity index (χ0) is 27.0. The lowest BCUT2D eigenvalue weighted by Crippen LogP contribution is -2.49. The Morgan fingerprint density at radius 3 is 2.58 bits per heavy atom. The summed E-state index contributed by atoms with van der Waals surface area (Å²) in [7, 11) is -4.00. The molecule has 3 aromatic rings. The van der Waals surface area contributed by atoms with Gasteiger partial charge in [-0.2, -0.15) is 0 Å². The van der Waals surface area contributed by atoms with E-state index in [0.29, 0.717) is 30.2 Å². The van der Waals surface area contributed by atoms with Crippen molar-refractivity contribution in [3.8, 4) is 0 Å². The van der Waals surface area contributed by atoms with E-state index >= 15 is 0 Å². The molecule has 1 atom stereocenters. The van der Waals surface area contributed by atoms with Crippen molar-refractivity contribution in [3.05, 3.63) is 78.6 Å². The third-order valence-corrected chi connectivity index (χ3v) is 7.11. The van der Waals surface area contributed by atoms with Gasteiger partial charge in [0.2, 0.25) is 5.95 Å². The Kier molecular flexibility index (Phi) is 8.51. The normalized spacial score (nSPS) is 17.1. The molecular formula is C25H28N6O6S. The van der Waals surface area contributed by atoms with Gasteiger partial charge in [0.25, 0.3) is 15.9 Å². The van der Waals surface area contributed by atoms with Gasteiger partial charge in [0.1, 0.15) is 0 Å². The largest absolute Gasteiger partial charge is 0.369 e.